The Bertz CT molecular complexity index is 351. The first-order valence-electron chi connectivity index (χ1n) is 5.62. The first-order valence-corrected chi connectivity index (χ1v) is 7.15. The molecule has 0 amide bonds. The molecule has 0 aromatic heterocycles. The minimum atomic E-state index is 0.692. The highest BCUT2D eigenvalue weighted by Crippen LogP contribution is 2.27. The number of rotatable bonds is 3. The van der Waals surface area contributed by atoms with Crippen molar-refractivity contribution in [2.24, 2.45) is 5.73 Å². The Balaban J connectivity index is 2.24. The minimum Gasteiger partial charge on any atom is -0.370 e. The van der Waals surface area contributed by atoms with Crippen LogP contribution in [-0.4, -0.2) is 31.1 Å². The summed E-state index contributed by atoms with van der Waals surface area (Å²) in [6, 6.07) is 6.13. The molecule has 0 bridgehead atoms. The lowest BCUT2D eigenvalue weighted by Crippen LogP contribution is -2.33. The molecule has 0 radical (unpaired) electrons. The Kier molecular flexibility index (Phi) is 4.38. The summed E-state index contributed by atoms with van der Waals surface area (Å²) in [5.74, 6) is 2.41. The SMILES string of the molecule is NCCc1ccc(Cl)cc1N1CCSCC1. The molecule has 1 saturated heterocycles. The molecular weight excluding hydrogens is 240 g/mol. The van der Waals surface area contributed by atoms with E-state index in [1.165, 1.54) is 22.8 Å². The number of nitrogens with two attached hydrogens (primary N) is 1. The Morgan fingerprint density at radius 3 is 2.75 bits per heavy atom. The molecule has 1 fully saturated rings. The van der Waals surface area contributed by atoms with Crippen LogP contribution in [0.25, 0.3) is 0 Å². The van der Waals surface area contributed by atoms with Gasteiger partial charge in [-0.05, 0) is 30.7 Å². The Labute approximate surface area is 106 Å². The van der Waals surface area contributed by atoms with E-state index in [1.54, 1.807) is 0 Å². The molecule has 2 rings (SSSR count). The maximum Gasteiger partial charge on any atom is 0.0426 e. The van der Waals surface area contributed by atoms with Gasteiger partial charge in [-0.3, -0.25) is 0 Å². The molecule has 16 heavy (non-hydrogen) atoms. The zero-order valence-electron chi connectivity index (χ0n) is 9.29. The van der Waals surface area contributed by atoms with Crippen molar-refractivity contribution in [2.75, 3.05) is 36.0 Å². The third kappa shape index (κ3) is 2.84. The highest BCUT2D eigenvalue weighted by atomic mass is 35.5. The smallest absolute Gasteiger partial charge is 0.0426 e. The Morgan fingerprint density at radius 2 is 2.06 bits per heavy atom. The van der Waals surface area contributed by atoms with Gasteiger partial charge in [-0.15, -0.1) is 0 Å². The van der Waals surface area contributed by atoms with Crippen LogP contribution in [0.4, 0.5) is 5.69 Å². The van der Waals surface area contributed by atoms with Crippen molar-refractivity contribution in [1.29, 1.82) is 0 Å². The number of benzene rings is 1. The van der Waals surface area contributed by atoms with Gasteiger partial charge in [0.15, 0.2) is 0 Å². The summed E-state index contributed by atoms with van der Waals surface area (Å²) in [6.07, 6.45) is 0.927. The van der Waals surface area contributed by atoms with E-state index in [9.17, 15) is 0 Å². The molecule has 4 heteroatoms. The number of hydrogen-bond acceptors (Lipinski definition) is 3. The Morgan fingerprint density at radius 1 is 1.31 bits per heavy atom. The zero-order chi connectivity index (χ0) is 11.4. The van der Waals surface area contributed by atoms with Crippen molar-refractivity contribution >= 4 is 29.1 Å². The minimum absolute atomic E-state index is 0.692. The van der Waals surface area contributed by atoms with Crippen LogP contribution in [0.2, 0.25) is 5.02 Å². The second kappa shape index (κ2) is 5.80. The number of anilines is 1. The molecular formula is C12H17ClN2S. The van der Waals surface area contributed by atoms with Crippen LogP contribution in [0, 0.1) is 0 Å². The van der Waals surface area contributed by atoms with Crippen LogP contribution >= 0.6 is 23.4 Å². The summed E-state index contributed by atoms with van der Waals surface area (Å²) in [4.78, 5) is 2.42. The van der Waals surface area contributed by atoms with Crippen LogP contribution < -0.4 is 10.6 Å². The standard InChI is InChI=1S/C12H17ClN2S/c13-11-2-1-10(3-4-14)12(9-11)15-5-7-16-8-6-15/h1-2,9H,3-8,14H2. The van der Waals surface area contributed by atoms with Gasteiger partial charge in [0.2, 0.25) is 0 Å². The summed E-state index contributed by atoms with van der Waals surface area (Å²) in [6.45, 7) is 2.92. The summed E-state index contributed by atoms with van der Waals surface area (Å²) < 4.78 is 0. The van der Waals surface area contributed by atoms with Gasteiger partial charge in [-0.25, -0.2) is 0 Å². The van der Waals surface area contributed by atoms with E-state index >= 15 is 0 Å². The van der Waals surface area contributed by atoms with Crippen LogP contribution in [0.3, 0.4) is 0 Å². The lowest BCUT2D eigenvalue weighted by molar-refractivity contribution is 0.842. The third-order valence-corrected chi connectivity index (χ3v) is 3.99. The fraction of sp³-hybridized carbons (Fsp3) is 0.500. The second-order valence-corrected chi connectivity index (χ2v) is 5.57. The maximum absolute atomic E-state index is 6.07. The molecule has 0 atom stereocenters. The van der Waals surface area contributed by atoms with Crippen LogP contribution in [0.5, 0.6) is 0 Å². The van der Waals surface area contributed by atoms with E-state index < -0.39 is 0 Å². The van der Waals surface area contributed by atoms with E-state index in [4.69, 9.17) is 17.3 Å². The lowest BCUT2D eigenvalue weighted by Gasteiger charge is -2.30. The molecule has 0 spiro atoms. The van der Waals surface area contributed by atoms with Crippen molar-refractivity contribution in [1.82, 2.24) is 0 Å². The topological polar surface area (TPSA) is 29.3 Å². The maximum atomic E-state index is 6.07. The van der Waals surface area contributed by atoms with E-state index in [-0.39, 0.29) is 0 Å². The first kappa shape index (κ1) is 12.1. The molecule has 1 aliphatic rings. The average Bonchev–Trinajstić information content (AvgIpc) is 2.33. The highest BCUT2D eigenvalue weighted by Gasteiger charge is 2.14. The predicted octanol–water partition coefficient (Wildman–Crippen LogP) is 2.39. The lowest BCUT2D eigenvalue weighted by atomic mass is 10.1. The molecule has 0 aliphatic carbocycles. The molecule has 1 aliphatic heterocycles. The number of hydrogen-bond donors (Lipinski definition) is 1. The number of thioether (sulfide) groups is 1. The molecule has 88 valence electrons. The van der Waals surface area contributed by atoms with Gasteiger partial charge in [0, 0.05) is 35.3 Å². The van der Waals surface area contributed by atoms with E-state index in [0.29, 0.717) is 6.54 Å². The third-order valence-electron chi connectivity index (χ3n) is 2.81. The van der Waals surface area contributed by atoms with Gasteiger partial charge in [-0.2, -0.15) is 11.8 Å². The summed E-state index contributed by atoms with van der Waals surface area (Å²) in [7, 11) is 0. The molecule has 0 unspecified atom stereocenters. The van der Waals surface area contributed by atoms with Gasteiger partial charge in [0.1, 0.15) is 0 Å². The van der Waals surface area contributed by atoms with Crippen LogP contribution in [0.15, 0.2) is 18.2 Å². The zero-order valence-corrected chi connectivity index (χ0v) is 10.9. The molecule has 0 saturated carbocycles. The largest absolute Gasteiger partial charge is 0.370 e. The van der Waals surface area contributed by atoms with Gasteiger partial charge >= 0.3 is 0 Å². The summed E-state index contributed by atoms with van der Waals surface area (Å²) >= 11 is 8.09. The molecule has 1 heterocycles. The monoisotopic (exact) mass is 256 g/mol. The second-order valence-electron chi connectivity index (χ2n) is 3.91. The fourth-order valence-corrected chi connectivity index (χ4v) is 3.07. The highest BCUT2D eigenvalue weighted by molar-refractivity contribution is 7.99. The van der Waals surface area contributed by atoms with Crippen LogP contribution in [-0.2, 0) is 6.42 Å². The van der Waals surface area contributed by atoms with Crippen molar-refractivity contribution in [3.05, 3.63) is 28.8 Å². The van der Waals surface area contributed by atoms with Crippen molar-refractivity contribution in [3.8, 4) is 0 Å². The molecule has 2 nitrogen and oxygen atoms in total. The van der Waals surface area contributed by atoms with Crippen molar-refractivity contribution in [3.63, 3.8) is 0 Å². The number of halogens is 1. The van der Waals surface area contributed by atoms with Gasteiger partial charge in [0.05, 0.1) is 0 Å². The number of nitrogens with zero attached hydrogens (tertiary/aromatic N) is 1. The summed E-state index contributed by atoms with van der Waals surface area (Å²) in [5.41, 5.74) is 8.24. The molecule has 1 aromatic carbocycles. The predicted molar refractivity (Wildman–Crippen MR) is 73.7 cm³/mol. The normalized spacial score (nSPS) is 16.5. The van der Waals surface area contributed by atoms with E-state index in [2.05, 4.69) is 17.0 Å². The van der Waals surface area contributed by atoms with Crippen molar-refractivity contribution in [2.45, 2.75) is 6.42 Å². The first-order chi connectivity index (χ1) is 7.81. The summed E-state index contributed by atoms with van der Waals surface area (Å²) in [5, 5.41) is 0.814. The quantitative estimate of drug-likeness (QED) is 0.901. The van der Waals surface area contributed by atoms with Gasteiger partial charge < -0.3 is 10.6 Å². The van der Waals surface area contributed by atoms with E-state index in [0.717, 1.165) is 24.5 Å². The average molecular weight is 257 g/mol. The van der Waals surface area contributed by atoms with Crippen LogP contribution in [0.1, 0.15) is 5.56 Å². The Hall–Kier alpha value is -0.380. The van der Waals surface area contributed by atoms with E-state index in [1.807, 2.05) is 17.8 Å². The van der Waals surface area contributed by atoms with Crippen molar-refractivity contribution < 1.29 is 0 Å². The van der Waals surface area contributed by atoms with Gasteiger partial charge in [-0.1, -0.05) is 17.7 Å². The van der Waals surface area contributed by atoms with Gasteiger partial charge in [0.25, 0.3) is 0 Å². The fourth-order valence-electron chi connectivity index (χ4n) is 2.00. The molecule has 2 N–H and O–H groups in total. The molecule has 1 aromatic rings.